The summed E-state index contributed by atoms with van der Waals surface area (Å²) in [7, 11) is 0. The third-order valence-electron chi connectivity index (χ3n) is 5.07. The summed E-state index contributed by atoms with van der Waals surface area (Å²) in [5, 5.41) is 8.92. The lowest BCUT2D eigenvalue weighted by Crippen LogP contribution is -2.38. The van der Waals surface area contributed by atoms with Crippen LogP contribution < -0.4 is 10.5 Å². The van der Waals surface area contributed by atoms with Crippen molar-refractivity contribution in [1.82, 2.24) is 14.3 Å². The third kappa shape index (κ3) is 4.21. The van der Waals surface area contributed by atoms with Crippen molar-refractivity contribution in [3.05, 3.63) is 44.7 Å². The number of carboxylic acid groups (broad SMARTS) is 1. The molecule has 162 valence electrons. The Hall–Kier alpha value is -2.76. The number of pyridine rings is 1. The van der Waals surface area contributed by atoms with Crippen LogP contribution in [-0.2, 0) is 14.3 Å². The van der Waals surface area contributed by atoms with Crippen LogP contribution in [0.1, 0.15) is 17.5 Å². The van der Waals surface area contributed by atoms with Crippen LogP contribution in [0.15, 0.2) is 28.0 Å². The van der Waals surface area contributed by atoms with Crippen molar-refractivity contribution >= 4 is 57.7 Å². The summed E-state index contributed by atoms with van der Waals surface area (Å²) in [4.78, 5) is 45.4. The number of ether oxygens (including phenoxy) is 1. The molecule has 1 amide bonds. The maximum Gasteiger partial charge on any atom is 0.305 e. The molecular weight excluding hydrogens is 440 g/mol. The van der Waals surface area contributed by atoms with Gasteiger partial charge in [-0.25, -0.2) is 4.98 Å². The number of anilines is 1. The van der Waals surface area contributed by atoms with Crippen LogP contribution in [0.3, 0.4) is 0 Å². The van der Waals surface area contributed by atoms with Crippen molar-refractivity contribution in [3.8, 4) is 0 Å². The van der Waals surface area contributed by atoms with E-state index in [1.807, 2.05) is 17.9 Å². The number of fused-ring (bicyclic) bond motifs is 1. The summed E-state index contributed by atoms with van der Waals surface area (Å²) in [6, 6.07) is 3.66. The molecule has 0 bridgehead atoms. The molecule has 1 N–H and O–H groups in total. The number of hydrogen-bond donors (Lipinski definition) is 1. The van der Waals surface area contributed by atoms with E-state index in [1.54, 1.807) is 12.3 Å². The van der Waals surface area contributed by atoms with Crippen LogP contribution in [0.4, 0.5) is 5.82 Å². The molecule has 0 saturated carbocycles. The van der Waals surface area contributed by atoms with Gasteiger partial charge in [-0.3, -0.25) is 23.7 Å². The molecule has 0 unspecified atom stereocenters. The molecule has 0 atom stereocenters. The second-order valence-corrected chi connectivity index (χ2v) is 8.79. The Bertz CT molecular complexity index is 1170. The van der Waals surface area contributed by atoms with E-state index in [2.05, 4.69) is 0 Å². The number of carbonyl (C=O) groups excluding carboxylic acids is 1. The van der Waals surface area contributed by atoms with Gasteiger partial charge in [-0.15, -0.1) is 0 Å². The van der Waals surface area contributed by atoms with Gasteiger partial charge in [0, 0.05) is 25.8 Å². The lowest BCUT2D eigenvalue weighted by atomic mass is 10.2. The van der Waals surface area contributed by atoms with Crippen LogP contribution in [0.5, 0.6) is 0 Å². The smallest absolute Gasteiger partial charge is 0.305 e. The van der Waals surface area contributed by atoms with E-state index < -0.39 is 11.9 Å². The molecule has 9 nitrogen and oxygen atoms in total. The fraction of sp³-hybridized carbons (Fsp3) is 0.350. The molecule has 2 fully saturated rings. The number of carboxylic acids is 1. The summed E-state index contributed by atoms with van der Waals surface area (Å²) in [5.41, 5.74) is 1.43. The highest BCUT2D eigenvalue weighted by Gasteiger charge is 2.33. The van der Waals surface area contributed by atoms with Gasteiger partial charge in [-0.2, -0.15) is 0 Å². The maximum absolute atomic E-state index is 13.4. The first-order valence-corrected chi connectivity index (χ1v) is 10.9. The van der Waals surface area contributed by atoms with Gasteiger partial charge in [-0.05, 0) is 24.6 Å². The Morgan fingerprint density at radius 2 is 2.10 bits per heavy atom. The summed E-state index contributed by atoms with van der Waals surface area (Å²) in [5.74, 6) is -0.920. The molecule has 0 aliphatic carbocycles. The molecule has 2 aromatic rings. The van der Waals surface area contributed by atoms with E-state index in [0.29, 0.717) is 43.3 Å². The van der Waals surface area contributed by atoms with Gasteiger partial charge in [0.05, 0.1) is 30.1 Å². The van der Waals surface area contributed by atoms with E-state index in [1.165, 1.54) is 15.4 Å². The molecule has 0 radical (unpaired) electrons. The average Bonchev–Trinajstić information content (AvgIpc) is 3.02. The second kappa shape index (κ2) is 8.77. The quantitative estimate of drug-likeness (QED) is 0.525. The van der Waals surface area contributed by atoms with E-state index in [4.69, 9.17) is 27.0 Å². The predicted molar refractivity (Wildman–Crippen MR) is 121 cm³/mol. The number of aryl methyl sites for hydroxylation is 1. The Labute approximate surface area is 187 Å². The van der Waals surface area contributed by atoms with Crippen molar-refractivity contribution in [2.24, 2.45) is 0 Å². The predicted octanol–water partition coefficient (Wildman–Crippen LogP) is 1.52. The third-order valence-corrected chi connectivity index (χ3v) is 6.45. The van der Waals surface area contributed by atoms with Crippen molar-refractivity contribution in [3.63, 3.8) is 0 Å². The van der Waals surface area contributed by atoms with Gasteiger partial charge < -0.3 is 14.7 Å². The fourth-order valence-corrected chi connectivity index (χ4v) is 4.76. The highest BCUT2D eigenvalue weighted by atomic mass is 32.2. The molecule has 2 aliphatic rings. The zero-order valence-electron chi connectivity index (χ0n) is 16.7. The lowest BCUT2D eigenvalue weighted by Gasteiger charge is -2.29. The van der Waals surface area contributed by atoms with Gasteiger partial charge in [0.25, 0.3) is 11.5 Å². The molecule has 31 heavy (non-hydrogen) atoms. The minimum absolute atomic E-state index is 0.0121. The van der Waals surface area contributed by atoms with Crippen LogP contribution in [-0.4, -0.2) is 68.4 Å². The number of carbonyl (C=O) groups is 2. The van der Waals surface area contributed by atoms with Crippen molar-refractivity contribution < 1.29 is 19.4 Å². The van der Waals surface area contributed by atoms with Crippen molar-refractivity contribution in [1.29, 1.82) is 0 Å². The number of amides is 1. The first kappa shape index (κ1) is 21.5. The minimum atomic E-state index is -1.01. The average molecular weight is 461 g/mol. The van der Waals surface area contributed by atoms with Crippen LogP contribution in [0, 0.1) is 6.92 Å². The molecular formula is C20H20N4O5S2. The standard InChI is InChI=1S/C20H20N4O5S2/c1-12-3-2-5-23-16(12)21-17(22-7-9-29-10-8-22)13(18(23)27)11-14-19(28)24(20(30)31-14)6-4-15(25)26/h2-3,5,11H,4,6-10H2,1H3,(H,25,26). The zero-order valence-corrected chi connectivity index (χ0v) is 18.4. The highest BCUT2D eigenvalue weighted by molar-refractivity contribution is 8.26. The zero-order chi connectivity index (χ0) is 22.1. The number of aliphatic carboxylic acids is 1. The monoisotopic (exact) mass is 460 g/mol. The lowest BCUT2D eigenvalue weighted by molar-refractivity contribution is -0.137. The molecule has 0 aromatic carbocycles. The number of rotatable bonds is 5. The fourth-order valence-electron chi connectivity index (χ4n) is 3.47. The van der Waals surface area contributed by atoms with E-state index in [0.717, 1.165) is 17.3 Å². The summed E-state index contributed by atoms with van der Waals surface area (Å²) in [6.07, 6.45) is 2.96. The van der Waals surface area contributed by atoms with Crippen molar-refractivity contribution in [2.75, 3.05) is 37.7 Å². The van der Waals surface area contributed by atoms with E-state index >= 15 is 0 Å². The van der Waals surface area contributed by atoms with Gasteiger partial charge in [-0.1, -0.05) is 30.0 Å². The Morgan fingerprint density at radius 1 is 1.35 bits per heavy atom. The molecule has 4 rings (SSSR count). The summed E-state index contributed by atoms with van der Waals surface area (Å²) in [6.45, 7) is 4.07. The van der Waals surface area contributed by atoms with Crippen molar-refractivity contribution in [2.45, 2.75) is 13.3 Å². The largest absolute Gasteiger partial charge is 0.481 e. The number of aromatic nitrogens is 2. The molecule has 0 spiro atoms. The van der Waals surface area contributed by atoms with Crippen LogP contribution >= 0.6 is 24.0 Å². The first-order valence-electron chi connectivity index (χ1n) is 9.68. The molecule has 4 heterocycles. The normalized spacial score (nSPS) is 18.4. The Balaban J connectivity index is 1.82. The number of hydrogen-bond acceptors (Lipinski definition) is 8. The van der Waals surface area contributed by atoms with Gasteiger partial charge in [0.2, 0.25) is 0 Å². The summed E-state index contributed by atoms with van der Waals surface area (Å²) >= 11 is 6.31. The van der Waals surface area contributed by atoms with E-state index in [-0.39, 0.29) is 27.8 Å². The molecule has 11 heteroatoms. The van der Waals surface area contributed by atoms with Gasteiger partial charge >= 0.3 is 5.97 Å². The molecule has 2 aliphatic heterocycles. The number of thioether (sulfide) groups is 1. The molecule has 2 aromatic heterocycles. The molecule has 2 saturated heterocycles. The van der Waals surface area contributed by atoms with E-state index in [9.17, 15) is 14.4 Å². The first-order chi connectivity index (χ1) is 14.9. The topological polar surface area (TPSA) is 104 Å². The second-order valence-electron chi connectivity index (χ2n) is 7.12. The number of thiocarbonyl (C=S) groups is 1. The summed E-state index contributed by atoms with van der Waals surface area (Å²) < 4.78 is 7.17. The van der Waals surface area contributed by atoms with Crippen LogP contribution in [0.2, 0.25) is 0 Å². The van der Waals surface area contributed by atoms with Gasteiger partial charge in [0.15, 0.2) is 0 Å². The number of morpholine rings is 1. The maximum atomic E-state index is 13.4. The van der Waals surface area contributed by atoms with Gasteiger partial charge in [0.1, 0.15) is 15.8 Å². The highest BCUT2D eigenvalue weighted by Crippen LogP contribution is 2.33. The SMILES string of the molecule is Cc1cccn2c(=O)c(C=C3SC(=S)N(CCC(=O)O)C3=O)c(N3CCOCC3)nc12. The Morgan fingerprint density at radius 3 is 2.81 bits per heavy atom. The Kier molecular flexibility index (Phi) is 6.08. The number of nitrogens with zero attached hydrogens (tertiary/aromatic N) is 4. The van der Waals surface area contributed by atoms with Crippen LogP contribution in [0.25, 0.3) is 11.7 Å². The minimum Gasteiger partial charge on any atom is -0.481 e.